The summed E-state index contributed by atoms with van der Waals surface area (Å²) < 4.78 is 0. The van der Waals surface area contributed by atoms with Gasteiger partial charge in [-0.3, -0.25) is 4.79 Å². The second kappa shape index (κ2) is 2.72. The summed E-state index contributed by atoms with van der Waals surface area (Å²) in [4.78, 5) is 9.94. The summed E-state index contributed by atoms with van der Waals surface area (Å²) in [5, 5.41) is 2.35. The van der Waals surface area contributed by atoms with Crippen molar-refractivity contribution in [1.82, 2.24) is 5.32 Å². The molecule has 0 rings (SSSR count). The molecule has 3 N–H and O–H groups in total. The second-order valence-electron chi connectivity index (χ2n) is 0.877. The molecule has 0 radical (unpaired) electrons. The Morgan fingerprint density at radius 3 is 2.50 bits per heavy atom. The van der Waals surface area contributed by atoms with E-state index >= 15 is 0 Å². The van der Waals surface area contributed by atoms with Crippen LogP contribution in [0.1, 0.15) is 0 Å². The topological polar surface area (TPSA) is 55.1 Å². The summed E-state index contributed by atoms with van der Waals surface area (Å²) in [6.45, 7) is 0. The molecule has 0 fully saturated rings. The van der Waals surface area contributed by atoms with E-state index in [4.69, 9.17) is 5.64 Å². The average molecular weight is 85.9 g/mol. The third-order valence-corrected chi connectivity index (χ3v) is 0.464. The van der Waals surface area contributed by atoms with Crippen molar-refractivity contribution in [2.45, 2.75) is 0 Å². The molecule has 3 nitrogen and oxygen atoms in total. The summed E-state index contributed by atoms with van der Waals surface area (Å²) in [7, 11) is 1.63. The Hall–Kier alpha value is -0.505. The Morgan fingerprint density at radius 1 is 2.00 bits per heavy atom. The number of nitrogens with two attached hydrogens (primary N) is 1. The molecule has 0 spiro atoms. The maximum Gasteiger partial charge on any atom is 0.308 e. The van der Waals surface area contributed by atoms with Gasteiger partial charge in [0.1, 0.15) is 0 Å². The zero-order valence-electron chi connectivity index (χ0n) is 3.69. The molecule has 0 aromatic rings. The Balaban J connectivity index is 2.99. The van der Waals surface area contributed by atoms with E-state index in [1.165, 1.54) is 0 Å². The van der Waals surface area contributed by atoms with Gasteiger partial charge in [0.2, 0.25) is 0 Å². The SMILES string of the molecule is CNC(=O)BN. The molecule has 0 unspecified atom stereocenters. The second-order valence-corrected chi connectivity index (χ2v) is 0.877. The van der Waals surface area contributed by atoms with Crippen LogP contribution in [-0.4, -0.2) is 20.3 Å². The third kappa shape index (κ3) is 1.78. The lowest BCUT2D eigenvalue weighted by Crippen LogP contribution is -2.28. The van der Waals surface area contributed by atoms with Crippen molar-refractivity contribution in [3.63, 3.8) is 0 Å². The summed E-state index contributed by atoms with van der Waals surface area (Å²) in [5.41, 5.74) is 4.87. The van der Waals surface area contributed by atoms with Crippen molar-refractivity contribution in [3.8, 4) is 0 Å². The van der Waals surface area contributed by atoms with Crippen LogP contribution >= 0.6 is 0 Å². The first-order chi connectivity index (χ1) is 2.81. The smallest absolute Gasteiger partial charge is 0.308 e. The van der Waals surface area contributed by atoms with Crippen LogP contribution in [0.15, 0.2) is 0 Å². The Kier molecular flexibility index (Phi) is 2.49. The van der Waals surface area contributed by atoms with Gasteiger partial charge in [-0.2, -0.15) is 0 Å². The van der Waals surface area contributed by atoms with E-state index in [1.807, 2.05) is 0 Å². The fraction of sp³-hybridized carbons (Fsp3) is 0.500. The van der Waals surface area contributed by atoms with Gasteiger partial charge in [-0.25, -0.2) is 0 Å². The maximum absolute atomic E-state index is 9.94. The number of rotatable bonds is 1. The van der Waals surface area contributed by atoms with E-state index in [-0.39, 0.29) is 13.2 Å². The molecule has 0 aromatic carbocycles. The highest BCUT2D eigenvalue weighted by atomic mass is 16.1. The summed E-state index contributed by atoms with van der Waals surface area (Å²) in [6, 6.07) is 0. The van der Waals surface area contributed by atoms with Gasteiger partial charge in [0.15, 0.2) is 5.81 Å². The van der Waals surface area contributed by atoms with Crippen LogP contribution < -0.4 is 11.0 Å². The van der Waals surface area contributed by atoms with Gasteiger partial charge >= 0.3 is 7.41 Å². The fourth-order valence-electron chi connectivity index (χ4n) is 0.102. The standard InChI is InChI=1S/C2H7BN2O/c1-5-2(6)3-4/h3H,4H2,1H3,(H,5,6). The monoisotopic (exact) mass is 86.1 g/mol. The van der Waals surface area contributed by atoms with E-state index < -0.39 is 0 Å². The van der Waals surface area contributed by atoms with Crippen LogP contribution in [0, 0.1) is 0 Å². The predicted molar refractivity (Wildman–Crippen MR) is 25.8 cm³/mol. The predicted octanol–water partition coefficient (Wildman–Crippen LogP) is -1.36. The molecule has 34 valence electrons. The fourth-order valence-corrected chi connectivity index (χ4v) is 0.102. The molecule has 0 aromatic heterocycles. The molecule has 0 aliphatic rings. The number of amides is 1. The van der Waals surface area contributed by atoms with Gasteiger partial charge in [-0.15, -0.1) is 0 Å². The van der Waals surface area contributed by atoms with E-state index in [1.54, 1.807) is 7.05 Å². The first kappa shape index (κ1) is 5.49. The quantitative estimate of drug-likeness (QED) is 0.387. The molecule has 0 heterocycles. The average Bonchev–Trinajstić information content (AvgIpc) is 1.65. The minimum Gasteiger partial charge on any atom is -0.367 e. The number of hydrogen-bond donors (Lipinski definition) is 2. The first-order valence-corrected chi connectivity index (χ1v) is 1.72. The molecule has 0 aliphatic heterocycles. The molecule has 0 saturated carbocycles. The molecule has 1 amide bonds. The minimum atomic E-state index is -0.130. The number of carbonyl (C=O) groups is 1. The molecule has 4 heteroatoms. The Morgan fingerprint density at radius 2 is 2.50 bits per heavy atom. The van der Waals surface area contributed by atoms with Crippen molar-refractivity contribution in [2.24, 2.45) is 5.64 Å². The van der Waals surface area contributed by atoms with Crippen LogP contribution in [-0.2, 0) is 0 Å². The van der Waals surface area contributed by atoms with Gasteiger partial charge < -0.3 is 11.0 Å². The first-order valence-electron chi connectivity index (χ1n) is 1.72. The van der Waals surface area contributed by atoms with Crippen molar-refractivity contribution in [3.05, 3.63) is 0 Å². The summed E-state index contributed by atoms with van der Waals surface area (Å²) >= 11 is 0. The molecule has 0 bridgehead atoms. The highest BCUT2D eigenvalue weighted by molar-refractivity contribution is 6.70. The highest BCUT2D eigenvalue weighted by Gasteiger charge is 1.89. The van der Waals surface area contributed by atoms with Crippen molar-refractivity contribution >= 4 is 13.2 Å². The van der Waals surface area contributed by atoms with E-state index in [0.717, 1.165) is 0 Å². The van der Waals surface area contributed by atoms with Gasteiger partial charge in [0, 0.05) is 7.05 Å². The van der Waals surface area contributed by atoms with E-state index in [2.05, 4.69) is 5.32 Å². The van der Waals surface area contributed by atoms with Crippen LogP contribution in [0.25, 0.3) is 0 Å². The molecule has 0 saturated heterocycles. The van der Waals surface area contributed by atoms with Crippen LogP contribution in [0.2, 0.25) is 0 Å². The van der Waals surface area contributed by atoms with Crippen molar-refractivity contribution in [2.75, 3.05) is 7.05 Å². The van der Waals surface area contributed by atoms with Crippen molar-refractivity contribution in [1.29, 1.82) is 0 Å². The lowest BCUT2D eigenvalue weighted by molar-refractivity contribution is 0.260. The lowest BCUT2D eigenvalue weighted by Gasteiger charge is -1.85. The summed E-state index contributed by atoms with van der Waals surface area (Å²) in [5.74, 6) is -0.130. The van der Waals surface area contributed by atoms with E-state index in [0.29, 0.717) is 0 Å². The van der Waals surface area contributed by atoms with Crippen LogP contribution in [0.3, 0.4) is 0 Å². The molecule has 0 aliphatic carbocycles. The number of carbonyl (C=O) groups excluding carboxylic acids is 1. The van der Waals surface area contributed by atoms with Gasteiger partial charge in [0.25, 0.3) is 0 Å². The highest BCUT2D eigenvalue weighted by Crippen LogP contribution is 1.50. The van der Waals surface area contributed by atoms with Crippen LogP contribution in [0.4, 0.5) is 4.79 Å². The lowest BCUT2D eigenvalue weighted by atomic mass is 9.97. The number of nitrogens with one attached hydrogen (secondary N) is 1. The molecular weight excluding hydrogens is 78.8 g/mol. The molecule has 6 heavy (non-hydrogen) atoms. The molecule has 0 atom stereocenters. The minimum absolute atomic E-state index is 0.0799. The van der Waals surface area contributed by atoms with Crippen LogP contribution in [0.5, 0.6) is 0 Å². The zero-order valence-corrected chi connectivity index (χ0v) is 3.69. The maximum atomic E-state index is 9.94. The van der Waals surface area contributed by atoms with Gasteiger partial charge in [0.05, 0.1) is 0 Å². The van der Waals surface area contributed by atoms with Crippen molar-refractivity contribution < 1.29 is 4.79 Å². The van der Waals surface area contributed by atoms with Gasteiger partial charge in [-0.05, 0) is 0 Å². The normalized spacial score (nSPS) is 7.00. The Labute approximate surface area is 37.2 Å². The number of hydrogen-bond acceptors (Lipinski definition) is 2. The molecular formula is C2H7BN2O. The zero-order chi connectivity index (χ0) is 4.99. The van der Waals surface area contributed by atoms with Gasteiger partial charge in [-0.1, -0.05) is 0 Å². The Bertz CT molecular complexity index is 49.5. The summed E-state index contributed by atoms with van der Waals surface area (Å²) in [6.07, 6.45) is 0. The third-order valence-electron chi connectivity index (χ3n) is 0.464. The largest absolute Gasteiger partial charge is 0.367 e. The van der Waals surface area contributed by atoms with E-state index in [9.17, 15) is 4.79 Å².